The molecular formula is C8H8N2O2. The maximum atomic E-state index is 10.1. The SMILES string of the molecule is CCn1nccc1C#CC(=O)O. The largest absolute Gasteiger partial charge is 0.472 e. The van der Waals surface area contributed by atoms with E-state index in [0.29, 0.717) is 12.2 Å². The Bertz CT molecular complexity index is 343. The third-order valence-corrected chi connectivity index (χ3v) is 1.31. The molecular weight excluding hydrogens is 156 g/mol. The maximum absolute atomic E-state index is 10.1. The summed E-state index contributed by atoms with van der Waals surface area (Å²) in [6, 6.07) is 1.68. The third kappa shape index (κ3) is 1.86. The van der Waals surface area contributed by atoms with Gasteiger partial charge in [0.25, 0.3) is 0 Å². The van der Waals surface area contributed by atoms with Gasteiger partial charge in [0.05, 0.1) is 6.20 Å². The van der Waals surface area contributed by atoms with Gasteiger partial charge in [0.1, 0.15) is 5.69 Å². The first-order valence-corrected chi connectivity index (χ1v) is 3.50. The van der Waals surface area contributed by atoms with E-state index in [0.717, 1.165) is 0 Å². The van der Waals surface area contributed by atoms with Gasteiger partial charge in [0, 0.05) is 12.5 Å². The number of aliphatic carboxylic acids is 1. The highest BCUT2D eigenvalue weighted by atomic mass is 16.4. The molecule has 1 aromatic rings. The second-order valence-electron chi connectivity index (χ2n) is 2.09. The minimum absolute atomic E-state index is 0.625. The van der Waals surface area contributed by atoms with Gasteiger partial charge in [0.15, 0.2) is 0 Å². The fourth-order valence-corrected chi connectivity index (χ4v) is 0.808. The third-order valence-electron chi connectivity index (χ3n) is 1.31. The van der Waals surface area contributed by atoms with Crippen LogP contribution in [0.1, 0.15) is 12.6 Å². The van der Waals surface area contributed by atoms with Gasteiger partial charge in [-0.2, -0.15) is 5.10 Å². The second-order valence-corrected chi connectivity index (χ2v) is 2.09. The molecule has 0 aliphatic rings. The van der Waals surface area contributed by atoms with Crippen molar-refractivity contribution >= 4 is 5.97 Å². The first-order chi connectivity index (χ1) is 5.74. The molecule has 0 saturated carbocycles. The molecule has 1 N–H and O–H groups in total. The number of carbonyl (C=O) groups is 1. The molecule has 1 heterocycles. The van der Waals surface area contributed by atoms with E-state index in [9.17, 15) is 4.79 Å². The standard InChI is InChI=1S/C8H8N2O2/c1-2-10-7(5-6-9-10)3-4-8(11)12/h5-6H,2H2,1H3,(H,11,12). The molecule has 4 nitrogen and oxygen atoms in total. The second kappa shape index (κ2) is 3.58. The van der Waals surface area contributed by atoms with Gasteiger partial charge in [-0.05, 0) is 18.9 Å². The van der Waals surface area contributed by atoms with Crippen LogP contribution in [-0.2, 0) is 11.3 Å². The number of hydrogen-bond acceptors (Lipinski definition) is 2. The van der Waals surface area contributed by atoms with Gasteiger partial charge in [-0.1, -0.05) is 0 Å². The summed E-state index contributed by atoms with van der Waals surface area (Å²) in [5, 5.41) is 12.2. The van der Waals surface area contributed by atoms with Crippen molar-refractivity contribution in [3.05, 3.63) is 18.0 Å². The van der Waals surface area contributed by atoms with Gasteiger partial charge in [-0.25, -0.2) is 4.79 Å². The Morgan fingerprint density at radius 1 is 1.83 bits per heavy atom. The molecule has 0 aliphatic carbocycles. The fourth-order valence-electron chi connectivity index (χ4n) is 0.808. The summed E-state index contributed by atoms with van der Waals surface area (Å²) in [6.45, 7) is 2.61. The Morgan fingerprint density at radius 2 is 2.58 bits per heavy atom. The van der Waals surface area contributed by atoms with Crippen molar-refractivity contribution in [2.45, 2.75) is 13.5 Å². The zero-order chi connectivity index (χ0) is 8.97. The van der Waals surface area contributed by atoms with Crippen molar-refractivity contribution in [1.82, 2.24) is 9.78 Å². The van der Waals surface area contributed by atoms with Crippen molar-refractivity contribution in [2.24, 2.45) is 0 Å². The van der Waals surface area contributed by atoms with Crippen molar-refractivity contribution in [3.8, 4) is 11.8 Å². The smallest absolute Gasteiger partial charge is 0.382 e. The highest BCUT2D eigenvalue weighted by Crippen LogP contribution is 1.94. The van der Waals surface area contributed by atoms with E-state index in [-0.39, 0.29) is 0 Å². The van der Waals surface area contributed by atoms with E-state index in [1.54, 1.807) is 16.9 Å². The summed E-state index contributed by atoms with van der Waals surface area (Å²) in [4.78, 5) is 10.1. The monoisotopic (exact) mass is 164 g/mol. The Balaban J connectivity index is 2.90. The van der Waals surface area contributed by atoms with Gasteiger partial charge in [0.2, 0.25) is 0 Å². The average molecular weight is 164 g/mol. The molecule has 62 valence electrons. The van der Waals surface area contributed by atoms with Crippen molar-refractivity contribution in [3.63, 3.8) is 0 Å². The molecule has 0 unspecified atom stereocenters. The van der Waals surface area contributed by atoms with E-state index in [1.165, 1.54) is 0 Å². The fraction of sp³-hybridized carbons (Fsp3) is 0.250. The summed E-state index contributed by atoms with van der Waals surface area (Å²) in [5.74, 6) is 3.40. The minimum Gasteiger partial charge on any atom is -0.472 e. The molecule has 0 atom stereocenters. The molecule has 0 spiro atoms. The van der Waals surface area contributed by atoms with E-state index >= 15 is 0 Å². The van der Waals surface area contributed by atoms with Crippen LogP contribution in [0.25, 0.3) is 0 Å². The van der Waals surface area contributed by atoms with Gasteiger partial charge in [-0.3, -0.25) is 4.68 Å². The summed E-state index contributed by atoms with van der Waals surface area (Å²) < 4.78 is 1.63. The molecule has 0 aliphatic heterocycles. The van der Waals surface area contributed by atoms with E-state index in [1.807, 2.05) is 12.8 Å². The Kier molecular flexibility index (Phi) is 2.49. The highest BCUT2D eigenvalue weighted by Gasteiger charge is 1.95. The van der Waals surface area contributed by atoms with Gasteiger partial charge in [-0.15, -0.1) is 0 Å². The molecule has 0 radical (unpaired) electrons. The lowest BCUT2D eigenvalue weighted by molar-refractivity contribution is -0.130. The first kappa shape index (κ1) is 8.34. The van der Waals surface area contributed by atoms with Crippen LogP contribution in [0.15, 0.2) is 12.3 Å². The maximum Gasteiger partial charge on any atom is 0.382 e. The normalized spacial score (nSPS) is 8.75. The highest BCUT2D eigenvalue weighted by molar-refractivity contribution is 5.87. The minimum atomic E-state index is -1.13. The number of aromatic nitrogens is 2. The lowest BCUT2D eigenvalue weighted by Crippen LogP contribution is -1.99. The molecule has 0 saturated heterocycles. The van der Waals surface area contributed by atoms with Crippen LogP contribution in [0.4, 0.5) is 0 Å². The van der Waals surface area contributed by atoms with Gasteiger partial charge < -0.3 is 5.11 Å². The lowest BCUT2D eigenvalue weighted by atomic mass is 10.4. The van der Waals surface area contributed by atoms with Crippen LogP contribution in [0, 0.1) is 11.8 Å². The number of hydrogen-bond donors (Lipinski definition) is 1. The quantitative estimate of drug-likeness (QED) is 0.609. The van der Waals surface area contributed by atoms with Crippen molar-refractivity contribution in [1.29, 1.82) is 0 Å². The number of aryl methyl sites for hydroxylation is 1. The molecule has 0 bridgehead atoms. The molecule has 12 heavy (non-hydrogen) atoms. The van der Waals surface area contributed by atoms with E-state index in [4.69, 9.17) is 5.11 Å². The lowest BCUT2D eigenvalue weighted by Gasteiger charge is -1.94. The molecule has 0 amide bonds. The summed E-state index contributed by atoms with van der Waals surface area (Å²) >= 11 is 0. The van der Waals surface area contributed by atoms with Crippen LogP contribution in [0.5, 0.6) is 0 Å². The number of carboxylic acids is 1. The zero-order valence-corrected chi connectivity index (χ0v) is 6.61. The summed E-state index contributed by atoms with van der Waals surface area (Å²) in [5.41, 5.74) is 0.625. The van der Waals surface area contributed by atoms with E-state index < -0.39 is 5.97 Å². The summed E-state index contributed by atoms with van der Waals surface area (Å²) in [7, 11) is 0. The Morgan fingerprint density at radius 3 is 3.17 bits per heavy atom. The van der Waals surface area contributed by atoms with Gasteiger partial charge >= 0.3 is 5.97 Å². The van der Waals surface area contributed by atoms with Crippen LogP contribution in [0.3, 0.4) is 0 Å². The zero-order valence-electron chi connectivity index (χ0n) is 6.61. The Labute approximate surface area is 69.8 Å². The van der Waals surface area contributed by atoms with Crippen LogP contribution in [0.2, 0.25) is 0 Å². The Hall–Kier alpha value is -1.76. The van der Waals surface area contributed by atoms with Crippen molar-refractivity contribution < 1.29 is 9.90 Å². The topological polar surface area (TPSA) is 55.1 Å². The van der Waals surface area contributed by atoms with E-state index in [2.05, 4.69) is 11.0 Å². The number of carboxylic acid groups (broad SMARTS) is 1. The van der Waals surface area contributed by atoms with Crippen LogP contribution < -0.4 is 0 Å². The van der Waals surface area contributed by atoms with Crippen molar-refractivity contribution in [2.75, 3.05) is 0 Å². The first-order valence-electron chi connectivity index (χ1n) is 3.50. The predicted molar refractivity (Wildman–Crippen MR) is 42.4 cm³/mol. The van der Waals surface area contributed by atoms with Crippen LogP contribution in [-0.4, -0.2) is 20.9 Å². The molecule has 4 heteroatoms. The number of rotatable bonds is 1. The predicted octanol–water partition coefficient (Wildman–Crippen LogP) is 0.339. The molecule has 0 aromatic carbocycles. The average Bonchev–Trinajstić information content (AvgIpc) is 2.47. The molecule has 1 aromatic heterocycles. The summed E-state index contributed by atoms with van der Waals surface area (Å²) in [6.07, 6.45) is 1.59. The number of nitrogens with zero attached hydrogens (tertiary/aromatic N) is 2. The molecule has 1 rings (SSSR count). The molecule has 0 fully saturated rings. The van der Waals surface area contributed by atoms with Crippen LogP contribution >= 0.6 is 0 Å².